The smallest absolute Gasteiger partial charge is 0.290 e. The number of ether oxygens (including phenoxy) is 4. The summed E-state index contributed by atoms with van der Waals surface area (Å²) in [6.45, 7) is 5.68. The summed E-state index contributed by atoms with van der Waals surface area (Å²) in [5.41, 5.74) is 2.43. The molecule has 2 aromatic carbocycles. The second-order valence-electron chi connectivity index (χ2n) is 13.8. The minimum absolute atomic E-state index is 0.122. The van der Waals surface area contributed by atoms with E-state index in [4.69, 9.17) is 50.0 Å². The lowest BCUT2D eigenvalue weighted by molar-refractivity contribution is -0.134. The predicted octanol–water partition coefficient (Wildman–Crippen LogP) is 4.90. The number of hydrogen-bond donors (Lipinski definition) is 2. The molecule has 57 heavy (non-hydrogen) atoms. The van der Waals surface area contributed by atoms with Crippen molar-refractivity contribution in [2.45, 2.75) is 46.1 Å². The van der Waals surface area contributed by atoms with Crippen molar-refractivity contribution >= 4 is 52.5 Å². The number of pyridine rings is 1. The topological polar surface area (TPSA) is 186 Å². The van der Waals surface area contributed by atoms with Gasteiger partial charge in [0, 0.05) is 67.4 Å². The van der Waals surface area contributed by atoms with E-state index < -0.39 is 0 Å². The minimum Gasteiger partial charge on any atom is -0.493 e. The van der Waals surface area contributed by atoms with Gasteiger partial charge in [0.1, 0.15) is 17.3 Å². The molecule has 0 spiro atoms. The van der Waals surface area contributed by atoms with Crippen LogP contribution in [0.15, 0.2) is 40.9 Å². The molecular weight excluding hydrogens is 760 g/mol. The largest absolute Gasteiger partial charge is 0.493 e. The molecule has 306 valence electrons. The summed E-state index contributed by atoms with van der Waals surface area (Å²) in [6, 6.07) is 10.7. The highest BCUT2D eigenvalue weighted by Crippen LogP contribution is 2.44. The molecule has 0 saturated carbocycles. The van der Waals surface area contributed by atoms with Crippen LogP contribution in [0.25, 0.3) is 10.9 Å². The van der Waals surface area contributed by atoms with Crippen molar-refractivity contribution in [2.75, 3.05) is 72.1 Å². The highest BCUT2D eigenvalue weighted by Gasteiger charge is 2.29. The first-order valence-electron chi connectivity index (χ1n) is 18.6. The number of hydrogen-bond acceptors (Lipinski definition) is 12. The first-order valence-corrected chi connectivity index (χ1v) is 19.0. The average molecular weight is 809 g/mol. The van der Waals surface area contributed by atoms with Crippen molar-refractivity contribution in [1.82, 2.24) is 25.3 Å². The minimum atomic E-state index is -0.389. The van der Waals surface area contributed by atoms with E-state index in [2.05, 4.69) is 15.4 Å². The maximum Gasteiger partial charge on any atom is 0.290 e. The fourth-order valence-corrected chi connectivity index (χ4v) is 7.34. The van der Waals surface area contributed by atoms with Crippen molar-refractivity contribution < 1.29 is 47.8 Å². The molecule has 1 atom stereocenters. The van der Waals surface area contributed by atoms with E-state index in [-0.39, 0.29) is 62.0 Å². The molecule has 0 aliphatic carbocycles. The van der Waals surface area contributed by atoms with E-state index in [9.17, 15) is 14.4 Å². The Hall–Kier alpha value is -5.77. The molecule has 17 heteroatoms. The molecule has 1 saturated heterocycles. The monoisotopic (exact) mass is 808 g/mol. The third kappa shape index (κ3) is 10.6. The number of anilines is 1. The standard InChI is InChI=1S/C39H47ClN6O8.CH2O2/c1-24-15-28(40)10-11-32(24)53-23-35(48)44-12-6-7-13-46(39(49)31-16-25(2)54-43-31)22-34(47)41-19-26-9-8-14-45(20-26)38-27(21-44)17-29-30(42-38)18-33(50-3)37(52-5)36(29)51-4;2-1-3/h10-11,15-18,26H,6-9,12-14,19-23H2,1-5H3,(H,41,47);1H,(H,2,3). The van der Waals surface area contributed by atoms with Gasteiger partial charge in [-0.25, -0.2) is 4.98 Å². The van der Waals surface area contributed by atoms with Gasteiger partial charge in [0.05, 0.1) is 33.4 Å². The Morgan fingerprint density at radius 1 is 0.965 bits per heavy atom. The molecule has 16 nitrogen and oxygen atoms in total. The van der Waals surface area contributed by atoms with Crippen LogP contribution in [0, 0.1) is 19.8 Å². The molecule has 2 aromatic heterocycles. The number of nitrogens with one attached hydrogen (secondary N) is 1. The Morgan fingerprint density at radius 3 is 2.37 bits per heavy atom. The van der Waals surface area contributed by atoms with Crippen molar-refractivity contribution in [3.05, 3.63) is 64.0 Å². The molecule has 1 unspecified atom stereocenters. The average Bonchev–Trinajstić information content (AvgIpc) is 3.64. The fourth-order valence-electron chi connectivity index (χ4n) is 7.11. The van der Waals surface area contributed by atoms with E-state index in [1.807, 2.05) is 19.1 Å². The van der Waals surface area contributed by atoms with Gasteiger partial charge in [-0.3, -0.25) is 19.2 Å². The van der Waals surface area contributed by atoms with Gasteiger partial charge >= 0.3 is 0 Å². The number of amides is 3. The third-order valence-electron chi connectivity index (χ3n) is 9.86. The lowest BCUT2D eigenvalue weighted by Gasteiger charge is -2.36. The van der Waals surface area contributed by atoms with Crippen LogP contribution in [-0.2, 0) is 20.9 Å². The summed E-state index contributed by atoms with van der Waals surface area (Å²) in [4.78, 5) is 60.0. The molecule has 2 aliphatic rings. The summed E-state index contributed by atoms with van der Waals surface area (Å²) in [5, 5.41) is 15.1. The molecule has 4 heterocycles. The summed E-state index contributed by atoms with van der Waals surface area (Å²) < 4.78 is 28.4. The van der Waals surface area contributed by atoms with E-state index in [0.717, 1.165) is 36.3 Å². The van der Waals surface area contributed by atoms with Crippen LogP contribution < -0.4 is 29.2 Å². The zero-order chi connectivity index (χ0) is 41.1. The summed E-state index contributed by atoms with van der Waals surface area (Å²) in [7, 11) is 4.69. The quantitative estimate of drug-likeness (QED) is 0.241. The number of aromatic nitrogens is 2. The van der Waals surface area contributed by atoms with Crippen LogP contribution in [0.2, 0.25) is 5.02 Å². The van der Waals surface area contributed by atoms with Crippen molar-refractivity contribution in [1.29, 1.82) is 0 Å². The molecule has 3 amide bonds. The lowest BCUT2D eigenvalue weighted by Crippen LogP contribution is -2.46. The molecule has 2 N–H and O–H groups in total. The second kappa shape index (κ2) is 19.9. The zero-order valence-electron chi connectivity index (χ0n) is 32.8. The number of nitrogens with zero attached hydrogens (tertiary/aromatic N) is 5. The first kappa shape index (κ1) is 42.4. The molecule has 4 aromatic rings. The van der Waals surface area contributed by atoms with Gasteiger partial charge in [-0.1, -0.05) is 16.8 Å². The van der Waals surface area contributed by atoms with Crippen LogP contribution in [0.1, 0.15) is 53.1 Å². The molecule has 1 fully saturated rings. The summed E-state index contributed by atoms with van der Waals surface area (Å²) >= 11 is 6.17. The van der Waals surface area contributed by atoms with Crippen LogP contribution in [0.3, 0.4) is 0 Å². The van der Waals surface area contributed by atoms with Crippen molar-refractivity contribution in [3.63, 3.8) is 0 Å². The van der Waals surface area contributed by atoms with Crippen molar-refractivity contribution in [3.8, 4) is 23.0 Å². The predicted molar refractivity (Wildman–Crippen MR) is 212 cm³/mol. The number of aryl methyl sites for hydroxylation is 2. The number of carbonyl (C=O) groups excluding carboxylic acids is 3. The van der Waals surface area contributed by atoms with Crippen LogP contribution in [0.5, 0.6) is 23.0 Å². The number of rotatable bonds is 7. The second-order valence-corrected chi connectivity index (χ2v) is 14.3. The molecule has 6 rings (SSSR count). The van der Waals surface area contributed by atoms with Crippen LogP contribution in [0.4, 0.5) is 5.82 Å². The maximum absolute atomic E-state index is 14.1. The van der Waals surface area contributed by atoms with Gasteiger partial charge < -0.3 is 48.6 Å². The third-order valence-corrected chi connectivity index (χ3v) is 10.1. The SMILES string of the molecule is COc1cc2nc3c(cc2c(OC)c1OC)CN(C(=O)COc1ccc(Cl)cc1C)CCCCN(C(=O)c1cc(C)on1)CC(=O)NCC1CCCN3C1.O=CO. The molecule has 0 radical (unpaired) electrons. The molecular formula is C40H49ClN6O10. The molecule has 2 aliphatic heterocycles. The van der Waals surface area contributed by atoms with Gasteiger partial charge in [-0.2, -0.15) is 0 Å². The Kier molecular flexibility index (Phi) is 14.8. The van der Waals surface area contributed by atoms with Gasteiger partial charge in [0.2, 0.25) is 11.7 Å². The zero-order valence-corrected chi connectivity index (χ0v) is 33.6. The number of carbonyl (C=O) groups is 4. The highest BCUT2D eigenvalue weighted by atomic mass is 35.5. The first-order chi connectivity index (χ1) is 27.5. The summed E-state index contributed by atoms with van der Waals surface area (Å²) in [6.07, 6.45) is 2.83. The van der Waals surface area contributed by atoms with Gasteiger partial charge in [0.25, 0.3) is 18.3 Å². The number of halogens is 1. The maximum atomic E-state index is 14.1. The Balaban J connectivity index is 0.00000200. The lowest BCUT2D eigenvalue weighted by atomic mass is 9.97. The fraction of sp³-hybridized carbons (Fsp3) is 0.450. The van der Waals surface area contributed by atoms with Gasteiger partial charge in [-0.05, 0) is 75.3 Å². The Labute approximate surface area is 335 Å². The van der Waals surface area contributed by atoms with Crippen LogP contribution in [-0.4, -0.2) is 116 Å². The summed E-state index contributed by atoms with van der Waals surface area (Å²) in [5.74, 6) is 2.46. The number of piperidine rings is 1. The number of fused-ring (bicyclic) bond motifs is 5. The number of benzene rings is 2. The van der Waals surface area contributed by atoms with Crippen LogP contribution >= 0.6 is 11.6 Å². The van der Waals surface area contributed by atoms with Crippen molar-refractivity contribution in [2.24, 2.45) is 5.92 Å². The Morgan fingerprint density at radius 2 is 1.70 bits per heavy atom. The number of methoxy groups -OCH3 is 3. The van der Waals surface area contributed by atoms with E-state index in [0.29, 0.717) is 77.2 Å². The highest BCUT2D eigenvalue weighted by molar-refractivity contribution is 6.30. The Bertz CT molecular complexity index is 2060. The van der Waals surface area contributed by atoms with E-state index in [1.165, 1.54) is 4.90 Å². The molecule has 2 bridgehead atoms. The van der Waals surface area contributed by atoms with E-state index in [1.54, 1.807) is 57.4 Å². The van der Waals surface area contributed by atoms with E-state index >= 15 is 0 Å². The normalized spacial score (nSPS) is 16.4. The van der Waals surface area contributed by atoms with Gasteiger partial charge in [0.15, 0.2) is 23.8 Å². The van der Waals surface area contributed by atoms with Gasteiger partial charge in [-0.15, -0.1) is 0 Å². The number of carboxylic acid groups (broad SMARTS) is 1.